The van der Waals surface area contributed by atoms with Gasteiger partial charge in [-0.05, 0) is 24.1 Å². The van der Waals surface area contributed by atoms with Crippen molar-refractivity contribution in [3.05, 3.63) is 41.6 Å². The molecule has 0 aliphatic carbocycles. The molecule has 1 unspecified atom stereocenters. The van der Waals surface area contributed by atoms with E-state index in [1.165, 1.54) is 5.41 Å². The monoisotopic (exact) mass is 294 g/mol. The normalized spacial score (nSPS) is 19.9. The summed E-state index contributed by atoms with van der Waals surface area (Å²) in [4.78, 5) is 17.6. The number of pyridine rings is 1. The SMILES string of the molecule is CN(CCc1ccncc1)C(=O)CC1C=CS(=O)(=O)C1. The first-order chi connectivity index (χ1) is 9.46. The second kappa shape index (κ2) is 6.17. The van der Waals surface area contributed by atoms with E-state index < -0.39 is 9.84 Å². The molecule has 0 bridgehead atoms. The summed E-state index contributed by atoms with van der Waals surface area (Å²) < 4.78 is 22.6. The van der Waals surface area contributed by atoms with E-state index in [4.69, 9.17) is 0 Å². The van der Waals surface area contributed by atoms with Crippen molar-refractivity contribution in [2.45, 2.75) is 12.8 Å². The summed E-state index contributed by atoms with van der Waals surface area (Å²) in [7, 11) is -1.33. The number of nitrogens with zero attached hydrogens (tertiary/aromatic N) is 2. The number of hydrogen-bond donors (Lipinski definition) is 0. The van der Waals surface area contributed by atoms with Crippen molar-refractivity contribution in [2.75, 3.05) is 19.3 Å². The van der Waals surface area contributed by atoms with E-state index >= 15 is 0 Å². The molecule has 2 rings (SSSR count). The van der Waals surface area contributed by atoms with Gasteiger partial charge in [0.05, 0.1) is 5.75 Å². The minimum absolute atomic E-state index is 0.0224. The Labute approximate surface area is 119 Å². The lowest BCUT2D eigenvalue weighted by atomic mass is 10.1. The van der Waals surface area contributed by atoms with Gasteiger partial charge in [0.15, 0.2) is 9.84 Å². The van der Waals surface area contributed by atoms with Crippen LogP contribution in [0.3, 0.4) is 0 Å². The van der Waals surface area contributed by atoms with Gasteiger partial charge in [-0.3, -0.25) is 9.78 Å². The summed E-state index contributed by atoms with van der Waals surface area (Å²) >= 11 is 0. The molecule has 1 aromatic heterocycles. The average Bonchev–Trinajstić information content (AvgIpc) is 2.76. The van der Waals surface area contributed by atoms with Crippen molar-refractivity contribution in [2.24, 2.45) is 5.92 Å². The summed E-state index contributed by atoms with van der Waals surface area (Å²) in [5, 5.41) is 1.21. The number of likely N-dealkylation sites (N-methyl/N-ethyl adjacent to an activating group) is 1. The summed E-state index contributed by atoms with van der Waals surface area (Å²) in [6, 6.07) is 3.84. The van der Waals surface area contributed by atoms with E-state index in [1.54, 1.807) is 30.4 Å². The van der Waals surface area contributed by atoms with Crippen molar-refractivity contribution in [3.63, 3.8) is 0 Å². The molecule has 6 heteroatoms. The minimum atomic E-state index is -3.08. The van der Waals surface area contributed by atoms with Crippen LogP contribution >= 0.6 is 0 Å². The fraction of sp³-hybridized carbons (Fsp3) is 0.429. The predicted octanol–water partition coefficient (Wildman–Crippen LogP) is 1.03. The highest BCUT2D eigenvalue weighted by atomic mass is 32.2. The Bertz CT molecular complexity index is 596. The van der Waals surface area contributed by atoms with Crippen LogP contribution in [0.25, 0.3) is 0 Å². The molecule has 1 aliphatic heterocycles. The topological polar surface area (TPSA) is 67.3 Å². The van der Waals surface area contributed by atoms with E-state index in [0.29, 0.717) is 6.54 Å². The number of amides is 1. The van der Waals surface area contributed by atoms with Gasteiger partial charge in [0.1, 0.15) is 0 Å². The molecular weight excluding hydrogens is 276 g/mol. The zero-order chi connectivity index (χ0) is 14.6. The fourth-order valence-electron chi connectivity index (χ4n) is 2.12. The molecule has 0 aromatic carbocycles. The lowest BCUT2D eigenvalue weighted by Crippen LogP contribution is -2.30. The second-order valence-electron chi connectivity index (χ2n) is 5.04. The third-order valence-corrected chi connectivity index (χ3v) is 4.82. The highest BCUT2D eigenvalue weighted by Gasteiger charge is 2.24. The van der Waals surface area contributed by atoms with Gasteiger partial charge in [0.2, 0.25) is 5.91 Å². The van der Waals surface area contributed by atoms with Crippen LogP contribution in [-0.4, -0.2) is 43.6 Å². The summed E-state index contributed by atoms with van der Waals surface area (Å²) in [6.45, 7) is 0.617. The molecule has 1 atom stereocenters. The van der Waals surface area contributed by atoms with E-state index in [1.807, 2.05) is 12.1 Å². The van der Waals surface area contributed by atoms with Gasteiger partial charge in [0.25, 0.3) is 0 Å². The van der Waals surface area contributed by atoms with Gasteiger partial charge in [-0.15, -0.1) is 0 Å². The van der Waals surface area contributed by atoms with Gasteiger partial charge in [-0.2, -0.15) is 0 Å². The Morgan fingerprint density at radius 3 is 2.70 bits per heavy atom. The highest BCUT2D eigenvalue weighted by molar-refractivity contribution is 7.94. The summed E-state index contributed by atoms with van der Waals surface area (Å²) in [5.41, 5.74) is 1.13. The number of aromatic nitrogens is 1. The standard InChI is InChI=1S/C14H18N2O3S/c1-16(8-4-12-2-6-15-7-3-12)14(17)10-13-5-9-20(18,19)11-13/h2-3,5-7,9,13H,4,8,10-11H2,1H3. The Hall–Kier alpha value is -1.69. The third kappa shape index (κ3) is 4.16. The highest BCUT2D eigenvalue weighted by Crippen LogP contribution is 2.19. The van der Waals surface area contributed by atoms with Crippen LogP contribution in [-0.2, 0) is 21.1 Å². The number of sulfone groups is 1. The average molecular weight is 294 g/mol. The van der Waals surface area contributed by atoms with Crippen molar-refractivity contribution >= 4 is 15.7 Å². The number of hydrogen-bond acceptors (Lipinski definition) is 4. The number of allylic oxidation sites excluding steroid dienone is 1. The van der Waals surface area contributed by atoms with E-state index in [2.05, 4.69) is 4.98 Å². The summed E-state index contributed by atoms with van der Waals surface area (Å²) in [5.74, 6) is -0.154. The third-order valence-electron chi connectivity index (χ3n) is 3.35. The first-order valence-electron chi connectivity index (χ1n) is 6.50. The molecule has 0 saturated carbocycles. The molecule has 0 N–H and O–H groups in total. The quantitative estimate of drug-likeness (QED) is 0.813. The maximum Gasteiger partial charge on any atom is 0.222 e. The van der Waals surface area contributed by atoms with Gasteiger partial charge in [-0.1, -0.05) is 6.08 Å². The zero-order valence-electron chi connectivity index (χ0n) is 11.4. The number of carbonyl (C=O) groups is 1. The zero-order valence-corrected chi connectivity index (χ0v) is 12.2. The van der Waals surface area contributed by atoms with Crippen LogP contribution < -0.4 is 0 Å². The maximum absolute atomic E-state index is 12.0. The van der Waals surface area contributed by atoms with Crippen molar-refractivity contribution in [3.8, 4) is 0 Å². The molecular formula is C14H18N2O3S. The second-order valence-corrected chi connectivity index (χ2v) is 6.97. The molecule has 1 amide bonds. The molecule has 0 saturated heterocycles. The molecule has 1 aromatic rings. The Balaban J connectivity index is 1.80. The molecule has 5 nitrogen and oxygen atoms in total. The van der Waals surface area contributed by atoms with Gasteiger partial charge in [-0.25, -0.2) is 8.42 Å². The van der Waals surface area contributed by atoms with E-state index in [-0.39, 0.29) is 24.0 Å². The summed E-state index contributed by atoms with van der Waals surface area (Å²) in [6.07, 6.45) is 6.09. The van der Waals surface area contributed by atoms with Crippen LogP contribution in [0.4, 0.5) is 0 Å². The smallest absolute Gasteiger partial charge is 0.222 e. The largest absolute Gasteiger partial charge is 0.345 e. The first kappa shape index (κ1) is 14.7. The molecule has 1 aliphatic rings. The number of rotatable bonds is 5. The fourth-order valence-corrected chi connectivity index (χ4v) is 3.52. The predicted molar refractivity (Wildman–Crippen MR) is 76.6 cm³/mol. The Kier molecular flexibility index (Phi) is 4.54. The molecule has 2 heterocycles. The Morgan fingerprint density at radius 2 is 2.10 bits per heavy atom. The van der Waals surface area contributed by atoms with E-state index in [0.717, 1.165) is 12.0 Å². The van der Waals surface area contributed by atoms with Gasteiger partial charge >= 0.3 is 0 Å². The molecule has 0 radical (unpaired) electrons. The molecule has 0 spiro atoms. The lowest BCUT2D eigenvalue weighted by Gasteiger charge is -2.18. The Morgan fingerprint density at radius 1 is 1.40 bits per heavy atom. The first-order valence-corrected chi connectivity index (χ1v) is 8.21. The van der Waals surface area contributed by atoms with Crippen molar-refractivity contribution < 1.29 is 13.2 Å². The van der Waals surface area contributed by atoms with E-state index in [9.17, 15) is 13.2 Å². The molecule has 108 valence electrons. The molecule has 20 heavy (non-hydrogen) atoms. The maximum atomic E-state index is 12.0. The van der Waals surface area contributed by atoms with Crippen LogP contribution in [0.5, 0.6) is 0 Å². The van der Waals surface area contributed by atoms with Crippen LogP contribution in [0.1, 0.15) is 12.0 Å². The van der Waals surface area contributed by atoms with Crippen LogP contribution in [0.15, 0.2) is 36.0 Å². The van der Waals surface area contributed by atoms with Crippen molar-refractivity contribution in [1.29, 1.82) is 0 Å². The lowest BCUT2D eigenvalue weighted by molar-refractivity contribution is -0.130. The van der Waals surface area contributed by atoms with Crippen molar-refractivity contribution in [1.82, 2.24) is 9.88 Å². The van der Waals surface area contributed by atoms with Gasteiger partial charge in [0, 0.05) is 43.7 Å². The van der Waals surface area contributed by atoms with Crippen LogP contribution in [0.2, 0.25) is 0 Å². The molecule has 0 fully saturated rings. The van der Waals surface area contributed by atoms with Gasteiger partial charge < -0.3 is 4.90 Å². The number of carbonyl (C=O) groups excluding carboxylic acids is 1. The minimum Gasteiger partial charge on any atom is -0.345 e. The van der Waals surface area contributed by atoms with Crippen LogP contribution in [0, 0.1) is 5.92 Å².